The zero-order chi connectivity index (χ0) is 24.7. The third-order valence-electron chi connectivity index (χ3n) is 5.82. The van der Waals surface area contributed by atoms with Crippen molar-refractivity contribution in [3.63, 3.8) is 0 Å². The smallest absolute Gasteiger partial charge is 0.271 e. The summed E-state index contributed by atoms with van der Waals surface area (Å²) in [5.74, 6) is 1.72. The summed E-state index contributed by atoms with van der Waals surface area (Å²) in [6.07, 6.45) is 1.81. The topological polar surface area (TPSA) is 73.8 Å². The molecule has 8 heteroatoms. The number of methoxy groups -OCH3 is 1. The van der Waals surface area contributed by atoms with Gasteiger partial charge in [-0.3, -0.25) is 14.2 Å². The van der Waals surface area contributed by atoms with E-state index in [1.54, 1.807) is 18.6 Å². The van der Waals surface area contributed by atoms with Gasteiger partial charge >= 0.3 is 0 Å². The van der Waals surface area contributed by atoms with E-state index in [4.69, 9.17) is 9.15 Å². The highest BCUT2D eigenvalue weighted by Gasteiger charge is 2.33. The van der Waals surface area contributed by atoms with Crippen LogP contribution in [0.15, 0.2) is 90.6 Å². The summed E-state index contributed by atoms with van der Waals surface area (Å²) in [6, 6.07) is 18.2. The average molecular weight is 549 g/mol. The number of fused-ring (bicyclic) bond motifs is 1. The zero-order valence-electron chi connectivity index (χ0n) is 19.2. The van der Waals surface area contributed by atoms with E-state index < -0.39 is 6.04 Å². The van der Waals surface area contributed by atoms with Gasteiger partial charge in [0.25, 0.3) is 5.56 Å². The number of ether oxygens (including phenoxy) is 1. The van der Waals surface area contributed by atoms with Gasteiger partial charge in [-0.05, 0) is 61.9 Å². The predicted octanol–water partition coefficient (Wildman–Crippen LogP) is 4.86. The van der Waals surface area contributed by atoms with Gasteiger partial charge in [0.05, 0.1) is 11.6 Å². The number of Topliss-reactive ketones (excluding diaryl/α,β-unsaturated/α-hetero) is 1. The Kier molecular flexibility index (Phi) is 6.17. The average Bonchev–Trinajstić information content (AvgIpc) is 3.44. The molecular weight excluding hydrogens is 528 g/mol. The highest BCUT2D eigenvalue weighted by atomic mass is 79.9. The summed E-state index contributed by atoms with van der Waals surface area (Å²) in [5.41, 5.74) is 2.54. The van der Waals surface area contributed by atoms with Gasteiger partial charge in [0.1, 0.15) is 23.3 Å². The maximum absolute atomic E-state index is 13.6. The number of ketones is 1. The summed E-state index contributed by atoms with van der Waals surface area (Å²) in [4.78, 5) is 31.4. The minimum Gasteiger partial charge on any atom is -0.497 e. The van der Waals surface area contributed by atoms with Gasteiger partial charge in [-0.15, -0.1) is 0 Å². The fourth-order valence-electron chi connectivity index (χ4n) is 4.19. The van der Waals surface area contributed by atoms with Crippen LogP contribution in [0.4, 0.5) is 0 Å². The van der Waals surface area contributed by atoms with Crippen molar-refractivity contribution >= 4 is 39.1 Å². The number of benzene rings is 2. The lowest BCUT2D eigenvalue weighted by molar-refractivity contribution is -0.114. The summed E-state index contributed by atoms with van der Waals surface area (Å²) < 4.78 is 14.6. The Bertz CT molecular complexity index is 1660. The van der Waals surface area contributed by atoms with Crippen LogP contribution >= 0.6 is 27.3 Å². The summed E-state index contributed by atoms with van der Waals surface area (Å²) >= 11 is 4.73. The van der Waals surface area contributed by atoms with E-state index in [0.29, 0.717) is 37.9 Å². The maximum Gasteiger partial charge on any atom is 0.271 e. The van der Waals surface area contributed by atoms with Crippen LogP contribution in [-0.2, 0) is 4.79 Å². The van der Waals surface area contributed by atoms with Gasteiger partial charge in [-0.25, -0.2) is 4.99 Å². The quantitative estimate of drug-likeness (QED) is 0.357. The molecule has 3 heterocycles. The van der Waals surface area contributed by atoms with Crippen LogP contribution in [0.3, 0.4) is 0 Å². The Hall–Kier alpha value is -3.49. The molecule has 176 valence electrons. The molecule has 35 heavy (non-hydrogen) atoms. The molecule has 2 aromatic heterocycles. The van der Waals surface area contributed by atoms with Gasteiger partial charge in [0.2, 0.25) is 0 Å². The molecule has 0 unspecified atom stereocenters. The second kappa shape index (κ2) is 9.28. The second-order valence-electron chi connectivity index (χ2n) is 8.12. The zero-order valence-corrected chi connectivity index (χ0v) is 21.6. The van der Waals surface area contributed by atoms with Crippen molar-refractivity contribution in [3.8, 4) is 17.1 Å². The van der Waals surface area contributed by atoms with Gasteiger partial charge in [0, 0.05) is 21.3 Å². The normalized spacial score (nSPS) is 15.7. The molecule has 0 aliphatic carbocycles. The van der Waals surface area contributed by atoms with Crippen LogP contribution < -0.4 is 19.6 Å². The molecule has 4 aromatic rings. The molecule has 0 spiro atoms. The first kappa shape index (κ1) is 23.3. The maximum atomic E-state index is 13.6. The van der Waals surface area contributed by atoms with Crippen molar-refractivity contribution in [1.29, 1.82) is 0 Å². The van der Waals surface area contributed by atoms with Crippen molar-refractivity contribution < 1.29 is 13.9 Å². The Labute approximate surface area is 213 Å². The molecule has 1 aliphatic heterocycles. The van der Waals surface area contributed by atoms with E-state index in [9.17, 15) is 9.59 Å². The molecule has 0 radical (unpaired) electrons. The molecule has 0 saturated heterocycles. The Morgan fingerprint density at radius 3 is 2.66 bits per heavy atom. The van der Waals surface area contributed by atoms with Crippen LogP contribution in [0.2, 0.25) is 0 Å². The Morgan fingerprint density at radius 2 is 1.94 bits per heavy atom. The van der Waals surface area contributed by atoms with E-state index in [0.717, 1.165) is 15.6 Å². The number of thiazole rings is 1. The summed E-state index contributed by atoms with van der Waals surface area (Å²) in [5, 5.41) is 0. The fraction of sp³-hybridized carbons (Fsp3) is 0.148. The van der Waals surface area contributed by atoms with E-state index in [-0.39, 0.29) is 11.3 Å². The largest absolute Gasteiger partial charge is 0.497 e. The predicted molar refractivity (Wildman–Crippen MR) is 139 cm³/mol. The lowest BCUT2D eigenvalue weighted by atomic mass is 9.98. The molecule has 0 amide bonds. The number of nitrogens with zero attached hydrogens (tertiary/aromatic N) is 2. The molecule has 5 rings (SSSR count). The molecule has 0 saturated carbocycles. The molecule has 1 aliphatic rings. The summed E-state index contributed by atoms with van der Waals surface area (Å²) in [7, 11) is 1.60. The summed E-state index contributed by atoms with van der Waals surface area (Å²) in [6.45, 7) is 3.28. The van der Waals surface area contributed by atoms with E-state index in [1.807, 2.05) is 66.7 Å². The van der Waals surface area contributed by atoms with E-state index in [2.05, 4.69) is 20.9 Å². The Morgan fingerprint density at radius 1 is 1.17 bits per heavy atom. The first-order valence-corrected chi connectivity index (χ1v) is 12.5. The Balaban J connectivity index is 1.67. The highest BCUT2D eigenvalue weighted by molar-refractivity contribution is 9.10. The van der Waals surface area contributed by atoms with Crippen LogP contribution in [0.5, 0.6) is 5.75 Å². The number of halogens is 1. The van der Waals surface area contributed by atoms with Crippen molar-refractivity contribution in [2.45, 2.75) is 19.9 Å². The van der Waals surface area contributed by atoms with Crippen molar-refractivity contribution in [1.82, 2.24) is 4.57 Å². The van der Waals surface area contributed by atoms with E-state index >= 15 is 0 Å². The van der Waals surface area contributed by atoms with Gasteiger partial charge < -0.3 is 9.15 Å². The number of furan rings is 1. The molecule has 0 bridgehead atoms. The molecule has 0 N–H and O–H groups in total. The molecule has 1 atom stereocenters. The van der Waals surface area contributed by atoms with Crippen LogP contribution in [0.25, 0.3) is 17.4 Å². The standard InChI is InChI=1S/C27H21BrN2O4S/c1-15-24(16(2)31)25(22-12-11-21(34-22)18-7-9-19(28)10-8-18)30-26(32)23(35-27(30)29-15)14-17-5-4-6-20(13-17)33-3/h4-14,25H,1-3H3/b23-14+/t25-/m0/s1. The van der Waals surface area contributed by atoms with Gasteiger partial charge in [-0.2, -0.15) is 0 Å². The van der Waals surface area contributed by atoms with Gasteiger partial charge in [-0.1, -0.05) is 51.5 Å². The van der Waals surface area contributed by atoms with Crippen molar-refractivity contribution in [3.05, 3.63) is 107 Å². The van der Waals surface area contributed by atoms with Crippen LogP contribution in [-0.4, -0.2) is 17.5 Å². The van der Waals surface area contributed by atoms with Crippen LogP contribution in [0.1, 0.15) is 31.2 Å². The molecule has 0 fully saturated rings. The van der Waals surface area contributed by atoms with Crippen LogP contribution in [0, 0.1) is 0 Å². The molecular formula is C27H21BrN2O4S. The fourth-order valence-corrected chi connectivity index (χ4v) is 5.50. The molecule has 2 aromatic carbocycles. The first-order valence-electron chi connectivity index (χ1n) is 10.9. The number of allylic oxidation sites excluding steroid dienone is 2. The number of hydrogen-bond donors (Lipinski definition) is 0. The lowest BCUT2D eigenvalue weighted by Gasteiger charge is -2.22. The third kappa shape index (κ3) is 4.35. The van der Waals surface area contributed by atoms with Gasteiger partial charge in [0.15, 0.2) is 10.6 Å². The van der Waals surface area contributed by atoms with Crippen molar-refractivity contribution in [2.75, 3.05) is 7.11 Å². The third-order valence-corrected chi connectivity index (χ3v) is 7.33. The number of carbonyl (C=O) groups excluding carboxylic acids is 1. The monoisotopic (exact) mass is 548 g/mol. The highest BCUT2D eigenvalue weighted by Crippen LogP contribution is 2.34. The molecule has 6 nitrogen and oxygen atoms in total. The number of aromatic nitrogens is 1. The number of rotatable bonds is 5. The SMILES string of the molecule is COc1cccc(/C=c2/sc3n(c2=O)[C@@H](c2ccc(-c4ccc(Br)cc4)o2)C(C(C)=O)=C(C)N=3)c1. The minimum absolute atomic E-state index is 0.153. The number of hydrogen-bond acceptors (Lipinski definition) is 6. The number of carbonyl (C=O) groups is 1. The second-order valence-corrected chi connectivity index (χ2v) is 10.0. The van der Waals surface area contributed by atoms with Crippen molar-refractivity contribution in [2.24, 2.45) is 4.99 Å². The first-order chi connectivity index (χ1) is 16.9. The lowest BCUT2D eigenvalue weighted by Crippen LogP contribution is -2.39. The van der Waals surface area contributed by atoms with E-state index in [1.165, 1.54) is 18.3 Å². The minimum atomic E-state index is -0.694.